The predicted molar refractivity (Wildman–Crippen MR) is 153 cm³/mol. The Morgan fingerprint density at radius 2 is 1.59 bits per heavy atom. The number of amides is 1. The number of nitrogens with two attached hydrogens (primary N) is 1. The highest BCUT2D eigenvalue weighted by Gasteiger charge is 2.41. The first-order chi connectivity index (χ1) is 21.6. The van der Waals surface area contributed by atoms with Crippen molar-refractivity contribution in [2.24, 2.45) is 4.99 Å². The molecular formula is C28H26F6N6O5S. The maximum Gasteiger partial charge on any atom is 0.573 e. The largest absolute Gasteiger partial charge is 0.573 e. The first kappa shape index (κ1) is 34.0. The monoisotopic (exact) mass is 672 g/mol. The summed E-state index contributed by atoms with van der Waals surface area (Å²) in [5.41, 5.74) is 6.57. The van der Waals surface area contributed by atoms with E-state index in [2.05, 4.69) is 31.3 Å². The quantitative estimate of drug-likeness (QED) is 0.194. The lowest BCUT2D eigenvalue weighted by Gasteiger charge is -2.40. The second-order valence-electron chi connectivity index (χ2n) is 9.59. The number of aromatic nitrogens is 1. The smallest absolute Gasteiger partial charge is 0.406 e. The minimum Gasteiger partial charge on any atom is -0.406 e. The number of nitrogen functional groups attached to an aromatic ring is 1. The number of benzene rings is 2. The van der Waals surface area contributed by atoms with Crippen molar-refractivity contribution < 1.29 is 49.0 Å². The molecule has 2 aromatic carbocycles. The zero-order valence-electron chi connectivity index (χ0n) is 23.6. The molecule has 0 aliphatic carbocycles. The van der Waals surface area contributed by atoms with Crippen molar-refractivity contribution in [2.75, 3.05) is 25.4 Å². The van der Waals surface area contributed by atoms with Crippen LogP contribution in [0.1, 0.15) is 5.56 Å². The summed E-state index contributed by atoms with van der Waals surface area (Å²) in [7, 11) is -4.45. The molecule has 0 bridgehead atoms. The SMILES string of the molecule is C=CC(=Nc1cccnc1N)N1CCN(S(=O)(=O)c2ccc(OC(F)(F)F)cc2)[C@@H](C(=O)NCc2ccc(OC(F)(F)F)cc2)C1. The average Bonchev–Trinajstić information content (AvgIpc) is 2.98. The van der Waals surface area contributed by atoms with E-state index < -0.39 is 51.1 Å². The lowest BCUT2D eigenvalue weighted by atomic mass is 10.1. The number of carbonyl (C=O) groups excluding carboxylic acids is 1. The number of carbonyl (C=O) groups is 1. The molecule has 0 radical (unpaired) electrons. The number of alkyl halides is 6. The molecule has 18 heteroatoms. The molecule has 11 nitrogen and oxygen atoms in total. The number of hydrogen-bond donors (Lipinski definition) is 2. The number of amidine groups is 1. The summed E-state index contributed by atoms with van der Waals surface area (Å²) < 4.78 is 111. The zero-order valence-corrected chi connectivity index (χ0v) is 24.4. The van der Waals surface area contributed by atoms with Crippen LogP contribution in [0, 0.1) is 0 Å². The van der Waals surface area contributed by atoms with E-state index >= 15 is 0 Å². The molecule has 246 valence electrons. The zero-order chi connectivity index (χ0) is 33.7. The summed E-state index contributed by atoms with van der Waals surface area (Å²) >= 11 is 0. The van der Waals surface area contributed by atoms with E-state index in [1.807, 2.05) is 0 Å². The fraction of sp³-hybridized carbons (Fsp3) is 0.250. The minimum atomic E-state index is -4.99. The first-order valence-electron chi connectivity index (χ1n) is 13.2. The van der Waals surface area contributed by atoms with Gasteiger partial charge in [-0.1, -0.05) is 18.7 Å². The Labute approximate surface area is 259 Å². The standard InChI is InChI=1S/C28H26F6N6O5S/c1-2-24(38-22-4-3-13-36-25(22)35)39-14-15-40(46(42,43)21-11-9-20(10-12-21)45-28(32,33)34)23(17-39)26(41)37-16-18-5-7-19(8-6-18)44-27(29,30)31/h2-13,23H,1,14-17H2,(H2,35,36)(H,37,41)/t23-/m1/s1. The lowest BCUT2D eigenvalue weighted by Crippen LogP contribution is -2.61. The van der Waals surface area contributed by atoms with Gasteiger partial charge in [-0.25, -0.2) is 18.4 Å². The van der Waals surface area contributed by atoms with Gasteiger partial charge in [0.25, 0.3) is 0 Å². The van der Waals surface area contributed by atoms with Crippen LogP contribution >= 0.6 is 0 Å². The van der Waals surface area contributed by atoms with Gasteiger partial charge in [-0.15, -0.1) is 26.3 Å². The third kappa shape index (κ3) is 8.87. The first-order valence-corrected chi connectivity index (χ1v) is 14.7. The summed E-state index contributed by atoms with van der Waals surface area (Å²) in [6.07, 6.45) is -7.03. The van der Waals surface area contributed by atoms with Crippen LogP contribution in [0.25, 0.3) is 0 Å². The number of aliphatic imine (C=N–C) groups is 1. The minimum absolute atomic E-state index is 0.0317. The topological polar surface area (TPSA) is 139 Å². The van der Waals surface area contributed by atoms with Crippen molar-refractivity contribution >= 4 is 33.3 Å². The second-order valence-corrected chi connectivity index (χ2v) is 11.5. The predicted octanol–water partition coefficient (Wildman–Crippen LogP) is 4.37. The number of anilines is 1. The van der Waals surface area contributed by atoms with Crippen molar-refractivity contribution in [2.45, 2.75) is 30.2 Å². The Kier molecular flexibility index (Phi) is 10.1. The van der Waals surface area contributed by atoms with Crippen LogP contribution in [0.4, 0.5) is 37.8 Å². The van der Waals surface area contributed by atoms with E-state index in [1.165, 1.54) is 24.4 Å². The molecule has 1 atom stereocenters. The molecule has 1 aromatic heterocycles. The van der Waals surface area contributed by atoms with Crippen LogP contribution in [0.3, 0.4) is 0 Å². The highest BCUT2D eigenvalue weighted by molar-refractivity contribution is 7.89. The number of piperazine rings is 1. The summed E-state index contributed by atoms with van der Waals surface area (Å²) in [6, 6.07) is 9.98. The number of nitrogens with one attached hydrogen (secondary N) is 1. The Balaban J connectivity index is 1.60. The maximum atomic E-state index is 13.7. The van der Waals surface area contributed by atoms with E-state index in [0.29, 0.717) is 11.3 Å². The number of halogens is 6. The average molecular weight is 673 g/mol. The molecule has 1 aliphatic heterocycles. The fourth-order valence-corrected chi connectivity index (χ4v) is 5.98. The summed E-state index contributed by atoms with van der Waals surface area (Å²) in [5.74, 6) is -1.52. The molecule has 2 heterocycles. The molecule has 0 unspecified atom stereocenters. The Bertz CT molecular complexity index is 1680. The molecule has 1 saturated heterocycles. The fourth-order valence-electron chi connectivity index (χ4n) is 4.41. The van der Waals surface area contributed by atoms with E-state index in [9.17, 15) is 39.6 Å². The molecule has 1 amide bonds. The van der Waals surface area contributed by atoms with Crippen molar-refractivity contribution in [3.63, 3.8) is 0 Å². The number of pyridine rings is 1. The van der Waals surface area contributed by atoms with Gasteiger partial charge in [0.2, 0.25) is 15.9 Å². The summed E-state index contributed by atoms with van der Waals surface area (Å²) in [5, 5.41) is 2.59. The van der Waals surface area contributed by atoms with E-state index in [0.717, 1.165) is 40.7 Å². The molecule has 1 fully saturated rings. The maximum absolute atomic E-state index is 13.7. The van der Waals surface area contributed by atoms with Crippen LogP contribution in [0.5, 0.6) is 11.5 Å². The van der Waals surface area contributed by atoms with Gasteiger partial charge in [-0.05, 0) is 60.2 Å². The van der Waals surface area contributed by atoms with E-state index in [4.69, 9.17) is 5.73 Å². The van der Waals surface area contributed by atoms with Crippen LogP contribution < -0.4 is 20.5 Å². The third-order valence-corrected chi connectivity index (χ3v) is 8.40. The Hall–Kier alpha value is -4.84. The van der Waals surface area contributed by atoms with Gasteiger partial charge in [-0.3, -0.25) is 4.79 Å². The van der Waals surface area contributed by atoms with E-state index in [-0.39, 0.29) is 37.8 Å². The summed E-state index contributed by atoms with van der Waals surface area (Å²) in [6.45, 7) is 3.11. The third-order valence-electron chi connectivity index (χ3n) is 6.48. The molecule has 3 N–H and O–H groups in total. The molecular weight excluding hydrogens is 646 g/mol. The van der Waals surface area contributed by atoms with Crippen molar-refractivity contribution in [3.8, 4) is 11.5 Å². The van der Waals surface area contributed by atoms with Gasteiger partial charge in [-0.2, -0.15) is 4.31 Å². The normalized spacial score (nSPS) is 16.5. The van der Waals surface area contributed by atoms with Gasteiger partial charge in [0.05, 0.1) is 4.90 Å². The number of nitrogens with zero attached hydrogens (tertiary/aromatic N) is 4. The second kappa shape index (κ2) is 13.7. The van der Waals surface area contributed by atoms with Crippen molar-refractivity contribution in [1.82, 2.24) is 19.5 Å². The molecule has 46 heavy (non-hydrogen) atoms. The highest BCUT2D eigenvalue weighted by Crippen LogP contribution is 2.28. The molecule has 1 aliphatic rings. The van der Waals surface area contributed by atoms with Gasteiger partial charge in [0.1, 0.15) is 34.9 Å². The van der Waals surface area contributed by atoms with Gasteiger partial charge in [0.15, 0.2) is 0 Å². The van der Waals surface area contributed by atoms with Crippen LogP contribution in [-0.4, -0.2) is 72.8 Å². The number of rotatable bonds is 9. The van der Waals surface area contributed by atoms with Crippen LogP contribution in [0.15, 0.2) is 89.4 Å². The molecule has 0 spiro atoms. The van der Waals surface area contributed by atoms with Crippen molar-refractivity contribution in [1.29, 1.82) is 0 Å². The number of sulfonamides is 1. The Morgan fingerprint density at radius 3 is 2.13 bits per heavy atom. The summed E-state index contributed by atoms with van der Waals surface area (Å²) in [4.78, 5) is 23.1. The number of hydrogen-bond acceptors (Lipinski definition) is 8. The highest BCUT2D eigenvalue weighted by atomic mass is 32.2. The lowest BCUT2D eigenvalue weighted by molar-refractivity contribution is -0.275. The van der Waals surface area contributed by atoms with Crippen molar-refractivity contribution in [3.05, 3.63) is 85.1 Å². The molecule has 4 rings (SSSR count). The number of ether oxygens (including phenoxy) is 2. The molecule has 3 aromatic rings. The van der Waals surface area contributed by atoms with Gasteiger partial charge < -0.3 is 25.4 Å². The van der Waals surface area contributed by atoms with Gasteiger partial charge >= 0.3 is 12.7 Å². The Morgan fingerprint density at radius 1 is 1.00 bits per heavy atom. The van der Waals surface area contributed by atoms with E-state index in [1.54, 1.807) is 17.0 Å². The molecule has 0 saturated carbocycles. The van der Waals surface area contributed by atoms with Crippen LogP contribution in [-0.2, 0) is 21.4 Å². The van der Waals surface area contributed by atoms with Crippen LogP contribution in [0.2, 0.25) is 0 Å². The van der Waals surface area contributed by atoms with Gasteiger partial charge in [0, 0.05) is 32.4 Å².